The topological polar surface area (TPSA) is 82.2 Å². The Morgan fingerprint density at radius 1 is 1.47 bits per heavy atom. The maximum Gasteiger partial charge on any atom is 0.275 e. The van der Waals surface area contributed by atoms with Gasteiger partial charge in [-0.3, -0.25) is 15.4 Å². The summed E-state index contributed by atoms with van der Waals surface area (Å²) in [7, 11) is 3.95. The van der Waals surface area contributed by atoms with Crippen LogP contribution in [0.5, 0.6) is 0 Å². The minimum Gasteiger partial charge on any atom is -0.309 e. The number of nitrogens with one attached hydrogen (secondary N) is 1. The SMILES string of the molecule is CN(C)CCCNC(C#N)c1ccccc1[N+](=O)[O-]. The van der Waals surface area contributed by atoms with Crippen molar-refractivity contribution in [3.05, 3.63) is 39.9 Å². The number of nitro benzene ring substituents is 1. The smallest absolute Gasteiger partial charge is 0.275 e. The lowest BCUT2D eigenvalue weighted by molar-refractivity contribution is -0.385. The highest BCUT2D eigenvalue weighted by Gasteiger charge is 2.20. The van der Waals surface area contributed by atoms with Crippen LogP contribution in [0.1, 0.15) is 18.0 Å². The van der Waals surface area contributed by atoms with E-state index in [9.17, 15) is 10.1 Å². The number of hydrogen-bond acceptors (Lipinski definition) is 5. The van der Waals surface area contributed by atoms with E-state index in [0.29, 0.717) is 12.1 Å². The van der Waals surface area contributed by atoms with Crippen LogP contribution in [0.2, 0.25) is 0 Å². The predicted octanol–water partition coefficient (Wildman–Crippen LogP) is 1.70. The highest BCUT2D eigenvalue weighted by molar-refractivity contribution is 5.44. The Hall–Kier alpha value is -1.97. The molecule has 1 rings (SSSR count). The van der Waals surface area contributed by atoms with Gasteiger partial charge in [-0.2, -0.15) is 5.26 Å². The normalized spacial score (nSPS) is 12.1. The Morgan fingerprint density at radius 3 is 2.74 bits per heavy atom. The van der Waals surface area contributed by atoms with Crippen LogP contribution < -0.4 is 5.32 Å². The van der Waals surface area contributed by atoms with E-state index < -0.39 is 11.0 Å². The van der Waals surface area contributed by atoms with Crippen LogP contribution in [0.3, 0.4) is 0 Å². The van der Waals surface area contributed by atoms with Crippen molar-refractivity contribution in [1.29, 1.82) is 5.26 Å². The summed E-state index contributed by atoms with van der Waals surface area (Å²) in [5, 5.41) is 23.1. The summed E-state index contributed by atoms with van der Waals surface area (Å²) in [5.74, 6) is 0. The lowest BCUT2D eigenvalue weighted by Crippen LogP contribution is -2.25. The Kier molecular flexibility index (Phi) is 5.93. The van der Waals surface area contributed by atoms with Crippen LogP contribution >= 0.6 is 0 Å². The number of rotatable bonds is 7. The van der Waals surface area contributed by atoms with Crippen molar-refractivity contribution in [3.8, 4) is 6.07 Å². The van der Waals surface area contributed by atoms with Gasteiger partial charge in [0.1, 0.15) is 6.04 Å². The molecule has 0 amide bonds. The van der Waals surface area contributed by atoms with Gasteiger partial charge in [0, 0.05) is 6.07 Å². The van der Waals surface area contributed by atoms with Crippen molar-refractivity contribution < 1.29 is 4.92 Å². The average Bonchev–Trinajstić information content (AvgIpc) is 2.38. The Balaban J connectivity index is 2.70. The first kappa shape index (κ1) is 15.1. The van der Waals surface area contributed by atoms with Crippen molar-refractivity contribution in [2.75, 3.05) is 27.2 Å². The maximum atomic E-state index is 10.9. The van der Waals surface area contributed by atoms with E-state index in [-0.39, 0.29) is 5.69 Å². The zero-order valence-electron chi connectivity index (χ0n) is 11.2. The van der Waals surface area contributed by atoms with Crippen LogP contribution in [0, 0.1) is 21.4 Å². The van der Waals surface area contributed by atoms with Gasteiger partial charge >= 0.3 is 0 Å². The van der Waals surface area contributed by atoms with Gasteiger partial charge in [-0.25, -0.2) is 0 Å². The summed E-state index contributed by atoms with van der Waals surface area (Å²) >= 11 is 0. The highest BCUT2D eigenvalue weighted by Crippen LogP contribution is 2.24. The molecule has 0 aliphatic carbocycles. The van der Waals surface area contributed by atoms with Crippen LogP contribution in [0.15, 0.2) is 24.3 Å². The highest BCUT2D eigenvalue weighted by atomic mass is 16.6. The molecule has 1 atom stereocenters. The van der Waals surface area contributed by atoms with Gasteiger partial charge < -0.3 is 4.90 Å². The van der Waals surface area contributed by atoms with E-state index in [2.05, 4.69) is 11.4 Å². The van der Waals surface area contributed by atoms with E-state index in [0.717, 1.165) is 13.0 Å². The van der Waals surface area contributed by atoms with Crippen molar-refractivity contribution >= 4 is 5.69 Å². The number of nitro groups is 1. The minimum atomic E-state index is -0.649. The summed E-state index contributed by atoms with van der Waals surface area (Å²) in [5.41, 5.74) is 0.397. The lowest BCUT2D eigenvalue weighted by Gasteiger charge is -2.13. The van der Waals surface area contributed by atoms with Gasteiger partial charge in [0.2, 0.25) is 0 Å². The molecule has 6 heteroatoms. The van der Waals surface area contributed by atoms with Crippen molar-refractivity contribution in [1.82, 2.24) is 10.2 Å². The summed E-state index contributed by atoms with van der Waals surface area (Å²) in [6.45, 7) is 1.55. The molecule has 1 aromatic carbocycles. The minimum absolute atomic E-state index is 0.0193. The molecule has 0 aliphatic heterocycles. The van der Waals surface area contributed by atoms with Crippen LogP contribution in [0.25, 0.3) is 0 Å². The van der Waals surface area contributed by atoms with E-state index in [1.807, 2.05) is 19.0 Å². The van der Waals surface area contributed by atoms with Crippen molar-refractivity contribution in [2.45, 2.75) is 12.5 Å². The molecule has 6 nitrogen and oxygen atoms in total. The van der Waals surface area contributed by atoms with Crippen LogP contribution in [0.4, 0.5) is 5.69 Å². The molecule has 0 aromatic heterocycles. The zero-order chi connectivity index (χ0) is 14.3. The van der Waals surface area contributed by atoms with Gasteiger partial charge in [0.15, 0.2) is 0 Å². The van der Waals surface area contributed by atoms with Crippen LogP contribution in [-0.4, -0.2) is 37.0 Å². The van der Waals surface area contributed by atoms with Crippen LogP contribution in [-0.2, 0) is 0 Å². The molecule has 0 aliphatic rings. The number of benzene rings is 1. The van der Waals surface area contributed by atoms with Gasteiger partial charge in [-0.05, 0) is 39.7 Å². The fourth-order valence-electron chi connectivity index (χ4n) is 1.76. The van der Waals surface area contributed by atoms with E-state index in [1.54, 1.807) is 18.2 Å². The summed E-state index contributed by atoms with van der Waals surface area (Å²) < 4.78 is 0. The summed E-state index contributed by atoms with van der Waals surface area (Å²) in [4.78, 5) is 12.5. The largest absolute Gasteiger partial charge is 0.309 e. The third-order valence-electron chi connectivity index (χ3n) is 2.70. The second-order valence-electron chi connectivity index (χ2n) is 4.49. The summed E-state index contributed by atoms with van der Waals surface area (Å²) in [6, 6.07) is 7.76. The fourth-order valence-corrected chi connectivity index (χ4v) is 1.76. The molecule has 0 saturated carbocycles. The molecule has 1 N–H and O–H groups in total. The molecule has 1 aromatic rings. The number of nitrogens with zero attached hydrogens (tertiary/aromatic N) is 3. The Labute approximate surface area is 112 Å². The molecule has 102 valence electrons. The third-order valence-corrected chi connectivity index (χ3v) is 2.70. The van der Waals surface area contributed by atoms with Gasteiger partial charge in [0.25, 0.3) is 5.69 Å². The van der Waals surface area contributed by atoms with E-state index in [1.165, 1.54) is 6.07 Å². The molecule has 0 bridgehead atoms. The monoisotopic (exact) mass is 262 g/mol. The lowest BCUT2D eigenvalue weighted by atomic mass is 10.1. The van der Waals surface area contributed by atoms with Gasteiger partial charge in [-0.1, -0.05) is 12.1 Å². The first-order chi connectivity index (χ1) is 9.06. The molecule has 0 radical (unpaired) electrons. The molecule has 0 saturated heterocycles. The second-order valence-corrected chi connectivity index (χ2v) is 4.49. The molecular weight excluding hydrogens is 244 g/mol. The Morgan fingerprint density at radius 2 is 2.16 bits per heavy atom. The van der Waals surface area contributed by atoms with E-state index in [4.69, 9.17) is 5.26 Å². The van der Waals surface area contributed by atoms with Gasteiger partial charge in [0.05, 0.1) is 16.6 Å². The summed E-state index contributed by atoms with van der Waals surface area (Å²) in [6.07, 6.45) is 0.881. The molecule has 19 heavy (non-hydrogen) atoms. The Bertz CT molecular complexity index is 468. The first-order valence-electron chi connectivity index (χ1n) is 6.07. The molecule has 1 unspecified atom stereocenters. The fraction of sp³-hybridized carbons (Fsp3) is 0.462. The molecule has 0 fully saturated rings. The first-order valence-corrected chi connectivity index (χ1v) is 6.07. The maximum absolute atomic E-state index is 10.9. The number of nitriles is 1. The predicted molar refractivity (Wildman–Crippen MR) is 72.6 cm³/mol. The second kappa shape index (κ2) is 7.46. The molecular formula is C13H18N4O2. The molecule has 0 heterocycles. The quantitative estimate of drug-likeness (QED) is 0.459. The average molecular weight is 262 g/mol. The number of para-hydroxylation sites is 1. The molecule has 0 spiro atoms. The van der Waals surface area contributed by atoms with Crippen molar-refractivity contribution in [2.24, 2.45) is 0 Å². The van der Waals surface area contributed by atoms with Gasteiger partial charge in [-0.15, -0.1) is 0 Å². The third kappa shape index (κ3) is 4.66. The van der Waals surface area contributed by atoms with Crippen molar-refractivity contribution in [3.63, 3.8) is 0 Å². The number of hydrogen-bond donors (Lipinski definition) is 1. The standard InChI is InChI=1S/C13H18N4O2/c1-16(2)9-5-8-15-12(10-14)11-6-3-4-7-13(11)17(18)19/h3-4,6-7,12,15H,5,8-9H2,1-2H3. The zero-order valence-corrected chi connectivity index (χ0v) is 11.2. The van der Waals surface area contributed by atoms with E-state index >= 15 is 0 Å².